The average Bonchev–Trinajstić information content (AvgIpc) is 2.43. The topological polar surface area (TPSA) is 12.5 Å². The maximum atomic E-state index is 6.24. The summed E-state index contributed by atoms with van der Waals surface area (Å²) in [6, 6.07) is 0.416. The van der Waals surface area contributed by atoms with Gasteiger partial charge in [0.25, 0.3) is 0 Å². The molecule has 120 valence electrons. The fourth-order valence-electron chi connectivity index (χ4n) is 2.98. The lowest BCUT2D eigenvalue weighted by molar-refractivity contribution is -0.0222. The summed E-state index contributed by atoms with van der Waals surface area (Å²) in [6.07, 6.45) is 15.1. The molecule has 1 aliphatic heterocycles. The molecule has 0 saturated carbocycles. The number of hydrogen-bond donors (Lipinski definition) is 0. The molecule has 0 spiro atoms. The van der Waals surface area contributed by atoms with Gasteiger partial charge in [-0.1, -0.05) is 82.7 Å². The Kier molecular flexibility index (Phi) is 10.8. The van der Waals surface area contributed by atoms with Crippen molar-refractivity contribution in [1.82, 2.24) is 4.90 Å². The van der Waals surface area contributed by atoms with E-state index in [0.29, 0.717) is 6.04 Å². The fourth-order valence-corrected chi connectivity index (χ4v) is 3.39. The lowest BCUT2D eigenvalue weighted by Gasteiger charge is -2.36. The van der Waals surface area contributed by atoms with E-state index in [0.717, 1.165) is 13.2 Å². The highest BCUT2D eigenvalue weighted by atomic mass is 35.5. The molecule has 0 aromatic heterocycles. The molecule has 2 unspecified atom stereocenters. The highest BCUT2D eigenvalue weighted by Gasteiger charge is 2.27. The molecule has 3 heteroatoms. The number of nitrogens with zero attached hydrogens (tertiary/aromatic N) is 1. The first-order valence-electron chi connectivity index (χ1n) is 8.71. The van der Waals surface area contributed by atoms with Gasteiger partial charge in [0.05, 0.1) is 6.61 Å². The summed E-state index contributed by atoms with van der Waals surface area (Å²) < 4.78 is 5.53. The molecule has 20 heavy (non-hydrogen) atoms. The van der Waals surface area contributed by atoms with Gasteiger partial charge in [-0.2, -0.15) is 0 Å². The van der Waals surface area contributed by atoms with Gasteiger partial charge in [-0.3, -0.25) is 4.90 Å². The summed E-state index contributed by atoms with van der Waals surface area (Å²) in [5.41, 5.74) is -0.104. The van der Waals surface area contributed by atoms with Gasteiger partial charge in [0.15, 0.2) is 0 Å². The summed E-state index contributed by atoms with van der Waals surface area (Å²) in [7, 11) is 2.17. The molecular weight excluding hydrogens is 270 g/mol. The third-order valence-electron chi connectivity index (χ3n) is 4.44. The second-order valence-electron chi connectivity index (χ2n) is 6.24. The van der Waals surface area contributed by atoms with Crippen molar-refractivity contribution in [2.75, 3.05) is 20.2 Å². The number of alkyl halides is 1. The van der Waals surface area contributed by atoms with Crippen LogP contribution in [0, 0.1) is 0 Å². The van der Waals surface area contributed by atoms with Gasteiger partial charge in [0, 0.05) is 12.6 Å². The van der Waals surface area contributed by atoms with E-state index < -0.39 is 0 Å². The van der Waals surface area contributed by atoms with Crippen LogP contribution in [-0.4, -0.2) is 36.7 Å². The van der Waals surface area contributed by atoms with E-state index in [-0.39, 0.29) is 5.56 Å². The Morgan fingerprint density at radius 1 is 0.950 bits per heavy atom. The van der Waals surface area contributed by atoms with E-state index in [1.165, 1.54) is 70.6 Å². The van der Waals surface area contributed by atoms with Crippen LogP contribution in [0.5, 0.6) is 0 Å². The zero-order valence-electron chi connectivity index (χ0n) is 13.6. The smallest absolute Gasteiger partial charge is 0.146 e. The van der Waals surface area contributed by atoms with Crippen molar-refractivity contribution in [1.29, 1.82) is 0 Å². The van der Waals surface area contributed by atoms with Crippen LogP contribution in [0.2, 0.25) is 0 Å². The molecule has 0 aromatic carbocycles. The maximum Gasteiger partial charge on any atom is 0.146 e. The van der Waals surface area contributed by atoms with Crippen LogP contribution in [0.4, 0.5) is 0 Å². The highest BCUT2D eigenvalue weighted by molar-refractivity contribution is 6.20. The summed E-state index contributed by atoms with van der Waals surface area (Å²) in [4.78, 5) is 2.36. The van der Waals surface area contributed by atoms with Gasteiger partial charge in [-0.25, -0.2) is 0 Å². The van der Waals surface area contributed by atoms with Crippen LogP contribution in [0.1, 0.15) is 77.6 Å². The first-order valence-corrected chi connectivity index (χ1v) is 9.15. The zero-order chi connectivity index (χ0) is 14.6. The van der Waals surface area contributed by atoms with Crippen molar-refractivity contribution in [3.63, 3.8) is 0 Å². The average molecular weight is 304 g/mol. The normalized spacial score (nSPS) is 24.1. The maximum absolute atomic E-state index is 6.24. The van der Waals surface area contributed by atoms with E-state index in [9.17, 15) is 0 Å². The number of morpholine rings is 1. The predicted molar refractivity (Wildman–Crippen MR) is 88.5 cm³/mol. The predicted octanol–water partition coefficient (Wildman–Crippen LogP) is 5.19. The van der Waals surface area contributed by atoms with Crippen molar-refractivity contribution in [2.24, 2.45) is 0 Å². The monoisotopic (exact) mass is 303 g/mol. The van der Waals surface area contributed by atoms with Gasteiger partial charge in [-0.05, 0) is 13.5 Å². The minimum absolute atomic E-state index is 0.104. The number of likely N-dealkylation sites (N-methyl/N-ethyl adjacent to an activating group) is 1. The molecule has 1 heterocycles. The second kappa shape index (κ2) is 11.8. The number of halogens is 1. The van der Waals surface area contributed by atoms with Crippen molar-refractivity contribution in [2.45, 2.75) is 89.2 Å². The summed E-state index contributed by atoms with van der Waals surface area (Å²) in [5, 5.41) is 0. The number of rotatable bonds is 11. The lowest BCUT2D eigenvalue weighted by atomic mass is 10.0. The quantitative estimate of drug-likeness (QED) is 0.384. The second-order valence-corrected chi connectivity index (χ2v) is 6.67. The highest BCUT2D eigenvalue weighted by Crippen LogP contribution is 2.21. The molecule has 1 fully saturated rings. The Bertz CT molecular complexity index is 215. The molecule has 0 bridgehead atoms. The Morgan fingerprint density at radius 3 is 2.05 bits per heavy atom. The largest absolute Gasteiger partial charge is 0.359 e. The van der Waals surface area contributed by atoms with Crippen LogP contribution in [0.25, 0.3) is 0 Å². The number of unbranched alkanes of at least 4 members (excludes halogenated alkanes) is 9. The number of hydrogen-bond acceptors (Lipinski definition) is 2. The van der Waals surface area contributed by atoms with Crippen LogP contribution in [0.3, 0.4) is 0 Å². The van der Waals surface area contributed by atoms with E-state index in [1.54, 1.807) is 0 Å². The lowest BCUT2D eigenvalue weighted by Crippen LogP contribution is -2.46. The third kappa shape index (κ3) is 7.85. The third-order valence-corrected chi connectivity index (χ3v) is 4.86. The molecule has 2 nitrogen and oxygen atoms in total. The summed E-state index contributed by atoms with van der Waals surface area (Å²) >= 11 is 6.24. The van der Waals surface area contributed by atoms with Gasteiger partial charge in [0.2, 0.25) is 0 Å². The van der Waals surface area contributed by atoms with Crippen LogP contribution >= 0.6 is 11.6 Å². The van der Waals surface area contributed by atoms with Crippen molar-refractivity contribution in [3.05, 3.63) is 0 Å². The molecule has 0 aliphatic carbocycles. The molecular formula is C17H34ClNO. The van der Waals surface area contributed by atoms with Crippen molar-refractivity contribution >= 4 is 11.6 Å². The Morgan fingerprint density at radius 2 is 1.50 bits per heavy atom. The Hall–Kier alpha value is 0.210. The Labute approximate surface area is 131 Å². The summed E-state index contributed by atoms with van der Waals surface area (Å²) in [6.45, 7) is 4.07. The molecule has 0 amide bonds. The standard InChI is InChI=1S/C17H34ClNO/c1-3-4-5-6-7-8-9-10-11-12-13-16-17(18)20-15-14-19(16)2/h16-17H,3-15H2,1-2H3. The molecule has 1 aliphatic rings. The van der Waals surface area contributed by atoms with Gasteiger partial charge in [0.1, 0.15) is 5.56 Å². The SMILES string of the molecule is CCCCCCCCCCCCC1C(Cl)OCCN1C. The Balaban J connectivity index is 1.89. The minimum Gasteiger partial charge on any atom is -0.359 e. The van der Waals surface area contributed by atoms with E-state index in [1.807, 2.05) is 0 Å². The van der Waals surface area contributed by atoms with Crippen LogP contribution in [0.15, 0.2) is 0 Å². The van der Waals surface area contributed by atoms with Crippen molar-refractivity contribution < 1.29 is 4.74 Å². The zero-order valence-corrected chi connectivity index (χ0v) is 14.3. The van der Waals surface area contributed by atoms with Gasteiger partial charge in [-0.15, -0.1) is 0 Å². The molecule has 1 rings (SSSR count). The fraction of sp³-hybridized carbons (Fsp3) is 1.00. The van der Waals surface area contributed by atoms with E-state index in [4.69, 9.17) is 16.3 Å². The summed E-state index contributed by atoms with van der Waals surface area (Å²) in [5.74, 6) is 0. The van der Waals surface area contributed by atoms with Crippen molar-refractivity contribution in [3.8, 4) is 0 Å². The molecule has 1 saturated heterocycles. The van der Waals surface area contributed by atoms with Gasteiger partial charge >= 0.3 is 0 Å². The molecule has 0 N–H and O–H groups in total. The first kappa shape index (κ1) is 18.3. The van der Waals surface area contributed by atoms with E-state index >= 15 is 0 Å². The van der Waals surface area contributed by atoms with Crippen LogP contribution in [-0.2, 0) is 4.74 Å². The first-order chi connectivity index (χ1) is 9.75. The van der Waals surface area contributed by atoms with E-state index in [2.05, 4.69) is 18.9 Å². The number of ether oxygens (including phenoxy) is 1. The molecule has 0 aromatic rings. The molecule has 2 atom stereocenters. The minimum atomic E-state index is -0.104. The molecule has 0 radical (unpaired) electrons. The van der Waals surface area contributed by atoms with Crippen LogP contribution < -0.4 is 0 Å². The van der Waals surface area contributed by atoms with Gasteiger partial charge < -0.3 is 4.74 Å².